The highest BCUT2D eigenvalue weighted by molar-refractivity contribution is 5.67. The molecule has 1 heterocycles. The zero-order valence-corrected chi connectivity index (χ0v) is 19.4. The normalized spacial score (nSPS) is 18.3. The molecule has 0 bridgehead atoms. The molecule has 0 radical (unpaired) electrons. The third-order valence-electron chi connectivity index (χ3n) is 6.20. The van der Waals surface area contributed by atoms with Gasteiger partial charge in [0.25, 0.3) is 0 Å². The van der Waals surface area contributed by atoms with Gasteiger partial charge in [-0.3, -0.25) is 0 Å². The van der Waals surface area contributed by atoms with Crippen LogP contribution in [0.15, 0.2) is 48.5 Å². The van der Waals surface area contributed by atoms with Gasteiger partial charge in [0.1, 0.15) is 5.82 Å². The second-order valence-corrected chi connectivity index (χ2v) is 8.38. The molecule has 4 rings (SSSR count). The molecule has 1 saturated heterocycles. The SMILES string of the molecule is CC=Cc1ccc(C2CCC(c3ccc(-c4ccc(OCC)c(F)c4F)c(F)c3F)CO2)c(F)c1. The van der Waals surface area contributed by atoms with Crippen LogP contribution in [-0.4, -0.2) is 13.2 Å². The lowest BCUT2D eigenvalue weighted by Gasteiger charge is -2.30. The molecule has 0 saturated carbocycles. The number of ether oxygens (including phenoxy) is 2. The van der Waals surface area contributed by atoms with Gasteiger partial charge in [0.2, 0.25) is 5.82 Å². The average Bonchev–Trinajstić information content (AvgIpc) is 2.85. The van der Waals surface area contributed by atoms with Gasteiger partial charge in [0, 0.05) is 22.6 Å². The molecular formula is C28H25F5O2. The average molecular weight is 488 g/mol. The van der Waals surface area contributed by atoms with Gasteiger partial charge in [-0.05, 0) is 56.0 Å². The Bertz CT molecular complexity index is 1250. The standard InChI is InChI=1S/C28H25F5O2/c1-3-5-16-6-8-21(22(29)14-16)23-12-7-17(15-35-23)18-9-10-19(26(31)25(18)30)20-11-13-24(34-4-2)28(33)27(20)32/h3,5-6,8-11,13-14,17,23H,4,7,12,15H2,1-2H3. The van der Waals surface area contributed by atoms with Crippen molar-refractivity contribution in [2.75, 3.05) is 13.2 Å². The minimum atomic E-state index is -1.31. The van der Waals surface area contributed by atoms with Crippen molar-refractivity contribution in [2.45, 2.75) is 38.7 Å². The Morgan fingerprint density at radius 1 is 0.857 bits per heavy atom. The summed E-state index contributed by atoms with van der Waals surface area (Å²) >= 11 is 0. The fourth-order valence-corrected chi connectivity index (χ4v) is 4.44. The van der Waals surface area contributed by atoms with E-state index >= 15 is 4.39 Å². The van der Waals surface area contributed by atoms with Crippen LogP contribution in [-0.2, 0) is 4.74 Å². The number of hydrogen-bond acceptors (Lipinski definition) is 2. The lowest BCUT2D eigenvalue weighted by atomic mass is 9.87. The highest BCUT2D eigenvalue weighted by atomic mass is 19.2. The van der Waals surface area contributed by atoms with E-state index in [0.717, 1.165) is 11.6 Å². The second kappa shape index (κ2) is 10.6. The highest BCUT2D eigenvalue weighted by Gasteiger charge is 2.30. The van der Waals surface area contributed by atoms with Gasteiger partial charge in [0.05, 0.1) is 19.3 Å². The Hall–Kier alpha value is -3.19. The van der Waals surface area contributed by atoms with Crippen LogP contribution in [0.1, 0.15) is 55.4 Å². The molecule has 7 heteroatoms. The summed E-state index contributed by atoms with van der Waals surface area (Å²) in [5.74, 6) is -6.10. The molecule has 184 valence electrons. The summed E-state index contributed by atoms with van der Waals surface area (Å²) in [4.78, 5) is 0. The number of rotatable bonds is 6. The summed E-state index contributed by atoms with van der Waals surface area (Å²) in [6.07, 6.45) is 3.99. The van der Waals surface area contributed by atoms with Gasteiger partial charge < -0.3 is 9.47 Å². The topological polar surface area (TPSA) is 18.5 Å². The Morgan fingerprint density at radius 3 is 2.17 bits per heavy atom. The number of halogens is 5. The van der Waals surface area contributed by atoms with Crippen LogP contribution in [0, 0.1) is 29.1 Å². The van der Waals surface area contributed by atoms with E-state index in [0.29, 0.717) is 18.4 Å². The monoisotopic (exact) mass is 488 g/mol. The van der Waals surface area contributed by atoms with Gasteiger partial charge in [-0.2, -0.15) is 4.39 Å². The molecule has 2 nitrogen and oxygen atoms in total. The van der Waals surface area contributed by atoms with Crippen molar-refractivity contribution in [1.82, 2.24) is 0 Å². The molecule has 3 aromatic rings. The second-order valence-electron chi connectivity index (χ2n) is 8.38. The van der Waals surface area contributed by atoms with E-state index in [1.807, 2.05) is 13.0 Å². The first-order valence-corrected chi connectivity index (χ1v) is 11.5. The van der Waals surface area contributed by atoms with Crippen molar-refractivity contribution in [3.05, 3.63) is 94.3 Å². The summed E-state index contributed by atoms with van der Waals surface area (Å²) in [7, 11) is 0. The smallest absolute Gasteiger partial charge is 0.201 e. The molecule has 3 aromatic carbocycles. The Balaban J connectivity index is 1.53. The lowest BCUT2D eigenvalue weighted by Crippen LogP contribution is -2.21. The first-order chi connectivity index (χ1) is 16.8. The minimum absolute atomic E-state index is 0.0719. The van der Waals surface area contributed by atoms with E-state index in [1.54, 1.807) is 25.1 Å². The van der Waals surface area contributed by atoms with Crippen molar-refractivity contribution < 1.29 is 31.4 Å². The van der Waals surface area contributed by atoms with Gasteiger partial charge in [0.15, 0.2) is 23.2 Å². The van der Waals surface area contributed by atoms with Crippen LogP contribution in [0.25, 0.3) is 17.2 Å². The molecule has 0 N–H and O–H groups in total. The molecule has 2 atom stereocenters. The molecule has 1 aliphatic rings. The first-order valence-electron chi connectivity index (χ1n) is 11.5. The Labute approximate surface area is 201 Å². The van der Waals surface area contributed by atoms with Crippen LogP contribution in [0.3, 0.4) is 0 Å². The lowest BCUT2D eigenvalue weighted by molar-refractivity contribution is -0.000304. The number of hydrogen-bond donors (Lipinski definition) is 0. The van der Waals surface area contributed by atoms with E-state index in [1.165, 1.54) is 24.3 Å². The van der Waals surface area contributed by atoms with E-state index in [9.17, 15) is 17.6 Å². The van der Waals surface area contributed by atoms with Crippen LogP contribution >= 0.6 is 0 Å². The van der Waals surface area contributed by atoms with E-state index in [2.05, 4.69) is 0 Å². The first kappa shape index (κ1) is 24.9. The third kappa shape index (κ3) is 4.96. The van der Waals surface area contributed by atoms with E-state index in [4.69, 9.17) is 9.47 Å². The van der Waals surface area contributed by atoms with Crippen molar-refractivity contribution in [3.63, 3.8) is 0 Å². The van der Waals surface area contributed by atoms with Crippen molar-refractivity contribution in [3.8, 4) is 16.9 Å². The molecule has 1 aliphatic heterocycles. The molecule has 0 aliphatic carbocycles. The van der Waals surface area contributed by atoms with Gasteiger partial charge >= 0.3 is 0 Å². The molecule has 0 amide bonds. The molecule has 35 heavy (non-hydrogen) atoms. The molecular weight excluding hydrogens is 463 g/mol. The summed E-state index contributed by atoms with van der Waals surface area (Å²) in [6.45, 7) is 3.67. The summed E-state index contributed by atoms with van der Waals surface area (Å²) in [5, 5.41) is 0. The summed E-state index contributed by atoms with van der Waals surface area (Å²) < 4.78 is 84.1. The van der Waals surface area contributed by atoms with Crippen LogP contribution < -0.4 is 4.74 Å². The predicted molar refractivity (Wildman–Crippen MR) is 125 cm³/mol. The maximum absolute atomic E-state index is 15.0. The highest BCUT2D eigenvalue weighted by Crippen LogP contribution is 2.40. The van der Waals surface area contributed by atoms with Crippen molar-refractivity contribution in [1.29, 1.82) is 0 Å². The molecule has 1 fully saturated rings. The number of benzene rings is 3. The fraction of sp³-hybridized carbons (Fsp3) is 0.286. The van der Waals surface area contributed by atoms with Crippen LogP contribution in [0.4, 0.5) is 22.0 Å². The van der Waals surface area contributed by atoms with Gasteiger partial charge in [-0.25, -0.2) is 17.6 Å². The maximum atomic E-state index is 15.0. The molecule has 0 aromatic heterocycles. The fourth-order valence-electron chi connectivity index (χ4n) is 4.44. The zero-order valence-electron chi connectivity index (χ0n) is 19.4. The minimum Gasteiger partial charge on any atom is -0.491 e. The van der Waals surface area contributed by atoms with Crippen LogP contribution in [0.5, 0.6) is 5.75 Å². The van der Waals surface area contributed by atoms with Gasteiger partial charge in [-0.1, -0.05) is 36.4 Å². The number of allylic oxidation sites excluding steroid dienone is 1. The van der Waals surface area contributed by atoms with E-state index in [-0.39, 0.29) is 35.9 Å². The Morgan fingerprint density at radius 2 is 1.54 bits per heavy atom. The largest absolute Gasteiger partial charge is 0.491 e. The zero-order chi connectivity index (χ0) is 25.1. The van der Waals surface area contributed by atoms with Crippen molar-refractivity contribution >= 4 is 6.08 Å². The Kier molecular flexibility index (Phi) is 7.55. The third-order valence-corrected chi connectivity index (χ3v) is 6.20. The van der Waals surface area contributed by atoms with E-state index < -0.39 is 40.9 Å². The predicted octanol–water partition coefficient (Wildman–Crippen LogP) is 8.12. The quantitative estimate of drug-likeness (QED) is 0.326. The maximum Gasteiger partial charge on any atom is 0.201 e. The summed E-state index contributed by atoms with van der Waals surface area (Å²) in [6, 6.07) is 9.84. The molecule has 2 unspecified atom stereocenters. The van der Waals surface area contributed by atoms with Gasteiger partial charge in [-0.15, -0.1) is 0 Å². The van der Waals surface area contributed by atoms with Crippen LogP contribution in [0.2, 0.25) is 0 Å². The summed E-state index contributed by atoms with van der Waals surface area (Å²) in [5.41, 5.74) is 0.463. The molecule has 0 spiro atoms. The van der Waals surface area contributed by atoms with Crippen molar-refractivity contribution in [2.24, 2.45) is 0 Å².